The third kappa shape index (κ3) is 2.43. The SMILES string of the molecule is Fc1ccc2c(-c3ccc4c(cnn4C4CCNCC4)c3)c[nH]c2c1. The minimum absolute atomic E-state index is 0.223. The number of nitrogens with zero attached hydrogens (tertiary/aromatic N) is 2. The lowest BCUT2D eigenvalue weighted by Crippen LogP contribution is -2.29. The molecule has 0 saturated carbocycles. The summed E-state index contributed by atoms with van der Waals surface area (Å²) in [4.78, 5) is 3.16. The van der Waals surface area contributed by atoms with Crippen LogP contribution in [0.4, 0.5) is 4.39 Å². The van der Waals surface area contributed by atoms with Crippen molar-refractivity contribution in [3.63, 3.8) is 0 Å². The van der Waals surface area contributed by atoms with E-state index in [9.17, 15) is 4.39 Å². The lowest BCUT2D eigenvalue weighted by Gasteiger charge is -2.23. The molecule has 2 N–H and O–H groups in total. The molecular weight excluding hydrogens is 315 g/mol. The number of H-pyrrole nitrogens is 1. The van der Waals surface area contributed by atoms with Crippen molar-refractivity contribution in [2.45, 2.75) is 18.9 Å². The number of aromatic nitrogens is 3. The molecule has 0 radical (unpaired) electrons. The fourth-order valence-electron chi connectivity index (χ4n) is 3.90. The van der Waals surface area contributed by atoms with Gasteiger partial charge in [0.1, 0.15) is 5.82 Å². The molecule has 1 fully saturated rings. The lowest BCUT2D eigenvalue weighted by molar-refractivity contribution is 0.351. The van der Waals surface area contributed by atoms with Crippen LogP contribution in [0.1, 0.15) is 18.9 Å². The van der Waals surface area contributed by atoms with E-state index in [-0.39, 0.29) is 5.82 Å². The maximum absolute atomic E-state index is 13.4. The summed E-state index contributed by atoms with van der Waals surface area (Å²) < 4.78 is 15.6. The molecule has 1 aliphatic heterocycles. The summed E-state index contributed by atoms with van der Waals surface area (Å²) in [5.41, 5.74) is 4.21. The van der Waals surface area contributed by atoms with Gasteiger partial charge in [0.05, 0.1) is 17.8 Å². The zero-order valence-electron chi connectivity index (χ0n) is 13.8. The van der Waals surface area contributed by atoms with Gasteiger partial charge >= 0.3 is 0 Å². The van der Waals surface area contributed by atoms with E-state index in [0.29, 0.717) is 6.04 Å². The Kier molecular flexibility index (Phi) is 3.35. The van der Waals surface area contributed by atoms with Crippen molar-refractivity contribution in [2.75, 3.05) is 13.1 Å². The highest BCUT2D eigenvalue weighted by atomic mass is 19.1. The van der Waals surface area contributed by atoms with E-state index in [4.69, 9.17) is 0 Å². The number of hydrogen-bond acceptors (Lipinski definition) is 2. The molecule has 4 nitrogen and oxygen atoms in total. The number of benzene rings is 2. The number of hydrogen-bond donors (Lipinski definition) is 2. The van der Waals surface area contributed by atoms with Gasteiger partial charge in [0, 0.05) is 28.0 Å². The third-order valence-electron chi connectivity index (χ3n) is 5.20. The number of halogens is 1. The van der Waals surface area contributed by atoms with Crippen LogP contribution in [-0.4, -0.2) is 27.9 Å². The molecule has 5 heteroatoms. The molecule has 0 spiro atoms. The highest BCUT2D eigenvalue weighted by Gasteiger charge is 2.18. The normalized spacial score (nSPS) is 16.0. The van der Waals surface area contributed by atoms with Gasteiger partial charge in [-0.15, -0.1) is 0 Å². The van der Waals surface area contributed by atoms with Crippen molar-refractivity contribution in [3.05, 3.63) is 54.6 Å². The zero-order chi connectivity index (χ0) is 16.8. The van der Waals surface area contributed by atoms with Crippen LogP contribution in [0.5, 0.6) is 0 Å². The molecule has 4 aromatic rings. The summed E-state index contributed by atoms with van der Waals surface area (Å²) in [6.45, 7) is 2.10. The first kappa shape index (κ1) is 14.7. The Balaban J connectivity index is 1.58. The first-order valence-corrected chi connectivity index (χ1v) is 8.74. The van der Waals surface area contributed by atoms with Crippen molar-refractivity contribution in [1.82, 2.24) is 20.1 Å². The Morgan fingerprint density at radius 1 is 1.08 bits per heavy atom. The average Bonchev–Trinajstić information content (AvgIpc) is 3.25. The number of nitrogens with one attached hydrogen (secondary N) is 2. The Bertz CT molecular complexity index is 1060. The summed E-state index contributed by atoms with van der Waals surface area (Å²) in [5, 5.41) is 10.2. The molecule has 2 aromatic carbocycles. The summed E-state index contributed by atoms with van der Waals surface area (Å²) in [7, 11) is 0. The third-order valence-corrected chi connectivity index (χ3v) is 5.20. The van der Waals surface area contributed by atoms with Crippen LogP contribution in [-0.2, 0) is 0 Å². The smallest absolute Gasteiger partial charge is 0.125 e. The first-order valence-electron chi connectivity index (χ1n) is 8.74. The van der Waals surface area contributed by atoms with E-state index in [0.717, 1.165) is 53.3 Å². The minimum atomic E-state index is -0.223. The molecule has 126 valence electrons. The quantitative estimate of drug-likeness (QED) is 0.576. The average molecular weight is 334 g/mol. The highest BCUT2D eigenvalue weighted by Crippen LogP contribution is 2.32. The second-order valence-electron chi connectivity index (χ2n) is 6.74. The second kappa shape index (κ2) is 5.70. The molecule has 0 bridgehead atoms. The van der Waals surface area contributed by atoms with Crippen LogP contribution in [0.3, 0.4) is 0 Å². The molecule has 0 aliphatic carbocycles. The number of fused-ring (bicyclic) bond motifs is 2. The molecule has 1 saturated heterocycles. The van der Waals surface area contributed by atoms with Crippen molar-refractivity contribution < 1.29 is 4.39 Å². The standard InChI is InChI=1S/C20H19FN4/c21-15-2-3-17-18(12-23-19(17)10-15)13-1-4-20-14(9-13)11-24-25(20)16-5-7-22-8-6-16/h1-4,9-12,16,22-23H,5-8H2. The fraction of sp³-hybridized carbons (Fsp3) is 0.250. The van der Waals surface area contributed by atoms with Crippen LogP contribution in [0.2, 0.25) is 0 Å². The summed E-state index contributed by atoms with van der Waals surface area (Å²) in [6.07, 6.45) is 6.14. The molecular formula is C20H19FN4. The molecule has 0 unspecified atom stereocenters. The minimum Gasteiger partial charge on any atom is -0.360 e. The van der Waals surface area contributed by atoms with E-state index >= 15 is 0 Å². The summed E-state index contributed by atoms with van der Waals surface area (Å²) in [6, 6.07) is 11.8. The van der Waals surface area contributed by atoms with E-state index in [1.165, 1.54) is 17.6 Å². The van der Waals surface area contributed by atoms with Crippen LogP contribution in [0.25, 0.3) is 32.9 Å². The van der Waals surface area contributed by atoms with Gasteiger partial charge in [-0.25, -0.2) is 4.39 Å². The Morgan fingerprint density at radius 2 is 1.96 bits per heavy atom. The van der Waals surface area contributed by atoms with Crippen LogP contribution < -0.4 is 5.32 Å². The van der Waals surface area contributed by atoms with E-state index in [2.05, 4.69) is 38.3 Å². The Morgan fingerprint density at radius 3 is 2.84 bits per heavy atom. The summed E-state index contributed by atoms with van der Waals surface area (Å²) in [5.74, 6) is -0.223. The maximum atomic E-state index is 13.4. The second-order valence-corrected chi connectivity index (χ2v) is 6.74. The van der Waals surface area contributed by atoms with E-state index < -0.39 is 0 Å². The van der Waals surface area contributed by atoms with Crippen molar-refractivity contribution in [3.8, 4) is 11.1 Å². The van der Waals surface area contributed by atoms with Gasteiger partial charge in [0.2, 0.25) is 0 Å². The van der Waals surface area contributed by atoms with Crippen molar-refractivity contribution in [2.24, 2.45) is 0 Å². The van der Waals surface area contributed by atoms with Gasteiger partial charge in [0.15, 0.2) is 0 Å². The lowest BCUT2D eigenvalue weighted by atomic mass is 10.0. The van der Waals surface area contributed by atoms with Crippen LogP contribution in [0, 0.1) is 5.82 Å². The molecule has 3 heterocycles. The van der Waals surface area contributed by atoms with Gasteiger partial charge in [-0.3, -0.25) is 4.68 Å². The van der Waals surface area contributed by atoms with Crippen LogP contribution in [0.15, 0.2) is 48.8 Å². The zero-order valence-corrected chi connectivity index (χ0v) is 13.8. The number of aromatic amines is 1. The van der Waals surface area contributed by atoms with Crippen LogP contribution >= 0.6 is 0 Å². The Labute approximate surface area is 144 Å². The van der Waals surface area contributed by atoms with Crippen molar-refractivity contribution >= 4 is 21.8 Å². The molecule has 5 rings (SSSR count). The topological polar surface area (TPSA) is 45.6 Å². The molecule has 1 aliphatic rings. The highest BCUT2D eigenvalue weighted by molar-refractivity contribution is 5.97. The molecule has 2 aromatic heterocycles. The largest absolute Gasteiger partial charge is 0.360 e. The predicted octanol–water partition coefficient (Wildman–Crippen LogP) is 4.25. The maximum Gasteiger partial charge on any atom is 0.125 e. The Hall–Kier alpha value is -2.66. The van der Waals surface area contributed by atoms with Gasteiger partial charge in [-0.05, 0) is 61.8 Å². The van der Waals surface area contributed by atoms with Gasteiger partial charge in [-0.2, -0.15) is 5.10 Å². The van der Waals surface area contributed by atoms with Gasteiger partial charge in [0.25, 0.3) is 0 Å². The first-order chi connectivity index (χ1) is 12.3. The number of piperidine rings is 1. The molecule has 0 atom stereocenters. The van der Waals surface area contributed by atoms with Crippen molar-refractivity contribution in [1.29, 1.82) is 0 Å². The van der Waals surface area contributed by atoms with Gasteiger partial charge in [-0.1, -0.05) is 6.07 Å². The number of rotatable bonds is 2. The van der Waals surface area contributed by atoms with E-state index in [1.54, 1.807) is 0 Å². The predicted molar refractivity (Wildman–Crippen MR) is 98.1 cm³/mol. The van der Waals surface area contributed by atoms with Gasteiger partial charge < -0.3 is 10.3 Å². The summed E-state index contributed by atoms with van der Waals surface area (Å²) >= 11 is 0. The molecule has 25 heavy (non-hydrogen) atoms. The van der Waals surface area contributed by atoms with E-state index in [1.807, 2.05) is 18.5 Å². The monoisotopic (exact) mass is 334 g/mol. The fourth-order valence-corrected chi connectivity index (χ4v) is 3.90. The molecule has 0 amide bonds.